The molecule has 0 amide bonds. The van der Waals surface area contributed by atoms with Crippen molar-refractivity contribution in [1.82, 2.24) is 24.8 Å². The van der Waals surface area contributed by atoms with Crippen LogP contribution in [0.4, 0.5) is 5.82 Å². The van der Waals surface area contributed by atoms with Crippen molar-refractivity contribution in [3.8, 4) is 11.5 Å². The van der Waals surface area contributed by atoms with Gasteiger partial charge in [-0.15, -0.1) is 0 Å². The molecule has 0 aliphatic rings. The number of hydrogen-bond acceptors (Lipinski definition) is 6. The Bertz CT molecular complexity index is 809. The number of nitrogens with zero attached hydrogens (tertiary/aromatic N) is 5. The van der Waals surface area contributed by atoms with E-state index in [2.05, 4.69) is 31.8 Å². The monoisotopic (exact) mass is 320 g/mol. The third-order valence-electron chi connectivity index (χ3n) is 3.58. The average molecular weight is 321 g/mol. The van der Waals surface area contributed by atoms with Crippen molar-refractivity contribution < 1.29 is 4.63 Å². The molecule has 22 heavy (non-hydrogen) atoms. The molecule has 0 saturated carbocycles. The molecule has 0 atom stereocenters. The van der Waals surface area contributed by atoms with Gasteiger partial charge in [0.2, 0.25) is 0 Å². The van der Waals surface area contributed by atoms with E-state index in [4.69, 9.17) is 17.3 Å². The van der Waals surface area contributed by atoms with Gasteiger partial charge >= 0.3 is 0 Å². The van der Waals surface area contributed by atoms with Gasteiger partial charge < -0.3 is 10.3 Å². The molecule has 3 heterocycles. The van der Waals surface area contributed by atoms with E-state index in [0.717, 1.165) is 30.5 Å². The van der Waals surface area contributed by atoms with Gasteiger partial charge in [0.1, 0.15) is 5.52 Å². The van der Waals surface area contributed by atoms with Crippen LogP contribution < -0.4 is 5.73 Å². The number of pyridine rings is 1. The number of nitrogens with two attached hydrogens (primary N) is 1. The Labute approximate surface area is 132 Å². The minimum atomic E-state index is 0.209. The predicted octanol–water partition coefficient (Wildman–Crippen LogP) is 3.08. The lowest BCUT2D eigenvalue weighted by Crippen LogP contribution is -2.00. The predicted molar refractivity (Wildman–Crippen MR) is 84.5 cm³/mol. The molecule has 0 aliphatic carbocycles. The summed E-state index contributed by atoms with van der Waals surface area (Å²) < 4.78 is 6.67. The van der Waals surface area contributed by atoms with Gasteiger partial charge in [0.05, 0.1) is 5.52 Å². The fraction of sp³-hybridized carbons (Fsp3) is 0.429. The molecule has 0 spiro atoms. The summed E-state index contributed by atoms with van der Waals surface area (Å²) >= 11 is 6.31. The zero-order chi connectivity index (χ0) is 15.7. The molecule has 0 fully saturated rings. The van der Waals surface area contributed by atoms with E-state index in [1.165, 1.54) is 0 Å². The molecule has 2 N–H and O–H groups in total. The Balaban J connectivity index is 2.20. The molecule has 116 valence electrons. The molecule has 3 rings (SSSR count). The molecular weight excluding hydrogens is 304 g/mol. The molecule has 0 saturated heterocycles. The minimum Gasteiger partial charge on any atom is -0.379 e. The van der Waals surface area contributed by atoms with Crippen LogP contribution in [0.25, 0.3) is 22.6 Å². The fourth-order valence-electron chi connectivity index (χ4n) is 2.47. The molecule has 7 nitrogen and oxygen atoms in total. The molecule has 3 aromatic rings. The zero-order valence-electron chi connectivity index (χ0n) is 12.5. The highest BCUT2D eigenvalue weighted by Crippen LogP contribution is 2.30. The third kappa shape index (κ3) is 2.41. The lowest BCUT2D eigenvalue weighted by molar-refractivity contribution is 0.310. The van der Waals surface area contributed by atoms with Gasteiger partial charge in [-0.2, -0.15) is 0 Å². The summed E-state index contributed by atoms with van der Waals surface area (Å²) in [6.07, 6.45) is 3.07. The van der Waals surface area contributed by atoms with Gasteiger partial charge in [-0.25, -0.2) is 14.6 Å². The van der Waals surface area contributed by atoms with Crippen molar-refractivity contribution in [3.05, 3.63) is 16.9 Å². The zero-order valence-corrected chi connectivity index (χ0v) is 13.3. The van der Waals surface area contributed by atoms with Gasteiger partial charge in [-0.1, -0.05) is 24.9 Å². The number of halogens is 1. The van der Waals surface area contributed by atoms with E-state index >= 15 is 0 Å². The summed E-state index contributed by atoms with van der Waals surface area (Å²) in [7, 11) is 0. The maximum atomic E-state index is 6.31. The lowest BCUT2D eigenvalue weighted by Gasteiger charge is -2.05. The number of aryl methyl sites for hydroxylation is 2. The van der Waals surface area contributed by atoms with Gasteiger partial charge in [-0.3, -0.25) is 0 Å². The first-order valence-corrected chi connectivity index (χ1v) is 7.67. The topological polar surface area (TPSA) is 95.6 Å². The Kier molecular flexibility index (Phi) is 3.98. The van der Waals surface area contributed by atoms with E-state index in [-0.39, 0.29) is 5.82 Å². The van der Waals surface area contributed by atoms with Gasteiger partial charge in [0, 0.05) is 12.2 Å². The Morgan fingerprint density at radius 3 is 2.73 bits per heavy atom. The van der Waals surface area contributed by atoms with Crippen molar-refractivity contribution in [2.75, 3.05) is 5.73 Å². The number of imidazole rings is 1. The first-order valence-electron chi connectivity index (χ1n) is 7.29. The first kappa shape index (κ1) is 14.8. The SMILES string of the molecule is CCCCc1cc2c(nc(-c3nonc3N)n2CC)c(Cl)n1. The number of fused-ring (bicyclic) bond motifs is 1. The maximum Gasteiger partial charge on any atom is 0.199 e. The summed E-state index contributed by atoms with van der Waals surface area (Å²) in [6.45, 7) is 4.87. The van der Waals surface area contributed by atoms with E-state index in [0.29, 0.717) is 28.7 Å². The highest BCUT2D eigenvalue weighted by atomic mass is 35.5. The number of anilines is 1. The number of aromatic nitrogens is 5. The summed E-state index contributed by atoms with van der Waals surface area (Å²) in [5.41, 5.74) is 8.73. The lowest BCUT2D eigenvalue weighted by atomic mass is 10.2. The van der Waals surface area contributed by atoms with Crippen molar-refractivity contribution in [1.29, 1.82) is 0 Å². The number of rotatable bonds is 5. The molecule has 3 aromatic heterocycles. The number of unbranched alkanes of at least 4 members (excludes halogenated alkanes) is 1. The normalized spacial score (nSPS) is 11.4. The molecule has 0 radical (unpaired) electrons. The van der Waals surface area contributed by atoms with Crippen molar-refractivity contribution in [2.24, 2.45) is 0 Å². The minimum absolute atomic E-state index is 0.209. The molecule has 0 aromatic carbocycles. The van der Waals surface area contributed by atoms with Gasteiger partial charge in [0.25, 0.3) is 0 Å². The summed E-state index contributed by atoms with van der Waals surface area (Å²) in [4.78, 5) is 8.96. The van der Waals surface area contributed by atoms with Crippen LogP contribution in [0.2, 0.25) is 5.15 Å². The van der Waals surface area contributed by atoms with Crippen molar-refractivity contribution >= 4 is 28.5 Å². The van der Waals surface area contributed by atoms with Crippen LogP contribution >= 0.6 is 11.6 Å². The van der Waals surface area contributed by atoms with Crippen LogP contribution in [0.3, 0.4) is 0 Å². The summed E-state index contributed by atoms with van der Waals surface area (Å²) in [5.74, 6) is 0.799. The van der Waals surface area contributed by atoms with Crippen LogP contribution in [0.5, 0.6) is 0 Å². The highest BCUT2D eigenvalue weighted by molar-refractivity contribution is 6.33. The van der Waals surface area contributed by atoms with Crippen molar-refractivity contribution in [3.63, 3.8) is 0 Å². The Morgan fingerprint density at radius 2 is 2.09 bits per heavy atom. The molecule has 8 heteroatoms. The summed E-state index contributed by atoms with van der Waals surface area (Å²) in [6, 6.07) is 2.03. The second-order valence-electron chi connectivity index (χ2n) is 5.05. The first-order chi connectivity index (χ1) is 10.7. The molecule has 0 aliphatic heterocycles. The van der Waals surface area contributed by atoms with Crippen molar-refractivity contribution in [2.45, 2.75) is 39.7 Å². The smallest absolute Gasteiger partial charge is 0.199 e. The number of hydrogen-bond donors (Lipinski definition) is 1. The van der Waals surface area contributed by atoms with E-state index < -0.39 is 0 Å². The van der Waals surface area contributed by atoms with Crippen LogP contribution in [0.15, 0.2) is 10.7 Å². The second-order valence-corrected chi connectivity index (χ2v) is 5.41. The maximum absolute atomic E-state index is 6.31. The Hall–Kier alpha value is -2.15. The fourth-order valence-corrected chi connectivity index (χ4v) is 2.72. The van der Waals surface area contributed by atoms with Crippen LogP contribution in [-0.2, 0) is 13.0 Å². The van der Waals surface area contributed by atoms with Gasteiger partial charge in [0.15, 0.2) is 22.5 Å². The standard InChI is InChI=1S/C14H17ClN6O/c1-3-5-6-8-7-9-10(12(15)17-8)18-14(21(9)4-2)11-13(16)20-22-19-11/h7H,3-6H2,1-2H3,(H2,16,20). The quantitative estimate of drug-likeness (QED) is 0.726. The second kappa shape index (κ2) is 5.92. The average Bonchev–Trinajstić information content (AvgIpc) is 3.08. The number of nitrogen functional groups attached to an aromatic ring is 1. The molecule has 0 unspecified atom stereocenters. The van der Waals surface area contributed by atoms with Crippen LogP contribution in [-0.4, -0.2) is 24.8 Å². The van der Waals surface area contributed by atoms with E-state index in [9.17, 15) is 0 Å². The van der Waals surface area contributed by atoms with Crippen LogP contribution in [0, 0.1) is 0 Å². The molecular formula is C14H17ClN6O. The van der Waals surface area contributed by atoms with Gasteiger partial charge in [-0.05, 0) is 36.1 Å². The van der Waals surface area contributed by atoms with E-state index in [1.807, 2.05) is 17.6 Å². The highest BCUT2D eigenvalue weighted by Gasteiger charge is 2.20. The summed E-state index contributed by atoms with van der Waals surface area (Å²) in [5, 5.41) is 7.84. The Morgan fingerprint density at radius 1 is 1.27 bits per heavy atom. The van der Waals surface area contributed by atoms with E-state index in [1.54, 1.807) is 0 Å². The largest absolute Gasteiger partial charge is 0.379 e. The van der Waals surface area contributed by atoms with Crippen LogP contribution in [0.1, 0.15) is 32.4 Å². The third-order valence-corrected chi connectivity index (χ3v) is 3.84. The molecule has 0 bridgehead atoms.